The number of pyridine rings is 1. The number of hydrogen-bond donors (Lipinski definition) is 2. The molecule has 0 aliphatic rings. The maximum atomic E-state index is 11.6. The van der Waals surface area contributed by atoms with Crippen LogP contribution in [0.15, 0.2) is 48.8 Å². The molecule has 2 aromatic heterocycles. The first-order valence-electron chi connectivity index (χ1n) is 6.59. The highest BCUT2D eigenvalue weighted by Crippen LogP contribution is 2.23. The van der Waals surface area contributed by atoms with E-state index >= 15 is 0 Å². The van der Waals surface area contributed by atoms with E-state index in [0.29, 0.717) is 5.56 Å². The number of hydrogen-bond acceptors (Lipinski definition) is 2. The highest BCUT2D eigenvalue weighted by atomic mass is 16.4. The third kappa shape index (κ3) is 2.56. The monoisotopic (exact) mass is 278 g/mol. The maximum absolute atomic E-state index is 11.6. The molecule has 104 valence electrons. The fraction of sp³-hybridized carbons (Fsp3) is 0.0588. The summed E-state index contributed by atoms with van der Waals surface area (Å²) in [6, 6.07) is 11.2. The Bertz CT molecular complexity index is 829. The number of carbonyl (C=O) groups is 1. The molecule has 0 unspecified atom stereocenters. The number of aliphatic carboxylic acids is 1. The lowest BCUT2D eigenvalue weighted by Crippen LogP contribution is -1.99. The summed E-state index contributed by atoms with van der Waals surface area (Å²) < 4.78 is 0. The van der Waals surface area contributed by atoms with Crippen LogP contribution in [0.3, 0.4) is 0 Å². The molecule has 3 aromatic rings. The SMILES string of the molecule is Cc1ccc(C(=Cc2c[nH]c3ncccc23)C(=O)O)cc1. The van der Waals surface area contributed by atoms with Crippen LogP contribution in [0.5, 0.6) is 0 Å². The predicted molar refractivity (Wildman–Crippen MR) is 82.8 cm³/mol. The first kappa shape index (κ1) is 13.1. The van der Waals surface area contributed by atoms with Gasteiger partial charge in [-0.25, -0.2) is 9.78 Å². The summed E-state index contributed by atoms with van der Waals surface area (Å²) in [6.45, 7) is 1.97. The normalized spacial score (nSPS) is 11.8. The van der Waals surface area contributed by atoms with Crippen molar-refractivity contribution in [3.8, 4) is 0 Å². The van der Waals surface area contributed by atoms with E-state index < -0.39 is 5.97 Å². The minimum atomic E-state index is -0.947. The van der Waals surface area contributed by atoms with Crippen LogP contribution in [-0.2, 0) is 4.79 Å². The van der Waals surface area contributed by atoms with Crippen LogP contribution in [0.25, 0.3) is 22.7 Å². The molecule has 4 heteroatoms. The Labute approximate surface area is 121 Å². The van der Waals surface area contributed by atoms with Gasteiger partial charge in [-0.1, -0.05) is 29.8 Å². The summed E-state index contributed by atoms with van der Waals surface area (Å²) in [6.07, 6.45) is 5.15. The number of aryl methyl sites for hydroxylation is 1. The molecule has 21 heavy (non-hydrogen) atoms. The molecule has 0 saturated heterocycles. The topological polar surface area (TPSA) is 66.0 Å². The molecule has 0 amide bonds. The van der Waals surface area contributed by atoms with Crippen molar-refractivity contribution in [2.75, 3.05) is 0 Å². The van der Waals surface area contributed by atoms with Crippen molar-refractivity contribution < 1.29 is 9.90 Å². The molecule has 0 spiro atoms. The Morgan fingerprint density at radius 2 is 2.00 bits per heavy atom. The van der Waals surface area contributed by atoms with Crippen molar-refractivity contribution in [2.45, 2.75) is 6.92 Å². The van der Waals surface area contributed by atoms with Crippen LogP contribution in [0.1, 0.15) is 16.7 Å². The van der Waals surface area contributed by atoms with Crippen molar-refractivity contribution >= 4 is 28.7 Å². The second-order valence-electron chi connectivity index (χ2n) is 4.87. The first-order valence-corrected chi connectivity index (χ1v) is 6.59. The zero-order valence-corrected chi connectivity index (χ0v) is 11.5. The van der Waals surface area contributed by atoms with Gasteiger partial charge >= 0.3 is 5.97 Å². The Morgan fingerprint density at radius 3 is 2.71 bits per heavy atom. The van der Waals surface area contributed by atoms with E-state index in [0.717, 1.165) is 22.2 Å². The molecule has 0 aliphatic heterocycles. The summed E-state index contributed by atoms with van der Waals surface area (Å²) in [5.41, 5.74) is 3.61. The summed E-state index contributed by atoms with van der Waals surface area (Å²) in [4.78, 5) is 18.8. The van der Waals surface area contributed by atoms with Crippen molar-refractivity contribution in [1.29, 1.82) is 0 Å². The number of aromatic nitrogens is 2. The molecule has 4 nitrogen and oxygen atoms in total. The van der Waals surface area contributed by atoms with Crippen molar-refractivity contribution in [3.63, 3.8) is 0 Å². The Morgan fingerprint density at radius 1 is 1.24 bits per heavy atom. The number of carboxylic acids is 1. The van der Waals surface area contributed by atoms with Gasteiger partial charge in [0, 0.05) is 23.3 Å². The molecule has 0 aliphatic carbocycles. The first-order chi connectivity index (χ1) is 10.1. The highest BCUT2D eigenvalue weighted by Gasteiger charge is 2.12. The third-order valence-corrected chi connectivity index (χ3v) is 3.38. The van der Waals surface area contributed by atoms with Gasteiger partial charge in [0.25, 0.3) is 0 Å². The number of nitrogens with one attached hydrogen (secondary N) is 1. The lowest BCUT2D eigenvalue weighted by molar-refractivity contribution is -0.130. The van der Waals surface area contributed by atoms with Gasteiger partial charge in [-0.2, -0.15) is 0 Å². The lowest BCUT2D eigenvalue weighted by atomic mass is 10.0. The summed E-state index contributed by atoms with van der Waals surface area (Å²) in [5, 5.41) is 10.4. The van der Waals surface area contributed by atoms with Crippen molar-refractivity contribution in [2.24, 2.45) is 0 Å². The van der Waals surface area contributed by atoms with Crippen LogP contribution in [-0.4, -0.2) is 21.0 Å². The second-order valence-corrected chi connectivity index (χ2v) is 4.87. The van der Waals surface area contributed by atoms with E-state index in [2.05, 4.69) is 9.97 Å². The van der Waals surface area contributed by atoms with Gasteiger partial charge in [-0.05, 0) is 30.7 Å². The van der Waals surface area contributed by atoms with Gasteiger partial charge in [-0.15, -0.1) is 0 Å². The van der Waals surface area contributed by atoms with Crippen molar-refractivity contribution in [1.82, 2.24) is 9.97 Å². The number of aromatic amines is 1. The zero-order chi connectivity index (χ0) is 14.8. The standard InChI is InChI=1S/C17H14N2O2/c1-11-4-6-12(7-5-11)15(17(20)21)9-13-10-19-16-14(13)3-2-8-18-16/h2-10H,1H3,(H,18,19)(H,20,21). The molecule has 0 bridgehead atoms. The number of rotatable bonds is 3. The summed E-state index contributed by atoms with van der Waals surface area (Å²) in [5.74, 6) is -0.947. The number of carboxylic acid groups (broad SMARTS) is 1. The minimum Gasteiger partial charge on any atom is -0.478 e. The summed E-state index contributed by atoms with van der Waals surface area (Å²) >= 11 is 0. The van der Waals surface area contributed by atoms with Crippen LogP contribution >= 0.6 is 0 Å². The molecule has 0 atom stereocenters. The maximum Gasteiger partial charge on any atom is 0.336 e. The van der Waals surface area contributed by atoms with Gasteiger partial charge in [-0.3, -0.25) is 0 Å². The van der Waals surface area contributed by atoms with Gasteiger partial charge in [0.1, 0.15) is 5.65 Å². The Balaban J connectivity index is 2.13. The quantitative estimate of drug-likeness (QED) is 0.721. The van der Waals surface area contributed by atoms with Gasteiger partial charge in [0.15, 0.2) is 0 Å². The predicted octanol–water partition coefficient (Wildman–Crippen LogP) is 3.50. The van der Waals surface area contributed by atoms with E-state index in [1.54, 1.807) is 18.5 Å². The molecule has 3 rings (SSSR count). The zero-order valence-electron chi connectivity index (χ0n) is 11.5. The van der Waals surface area contributed by atoms with Crippen LogP contribution in [0, 0.1) is 6.92 Å². The third-order valence-electron chi connectivity index (χ3n) is 3.38. The van der Waals surface area contributed by atoms with Crippen molar-refractivity contribution in [3.05, 3.63) is 65.5 Å². The average molecular weight is 278 g/mol. The number of nitrogens with zero attached hydrogens (tertiary/aromatic N) is 1. The molecule has 0 saturated carbocycles. The molecule has 2 N–H and O–H groups in total. The minimum absolute atomic E-state index is 0.264. The van der Waals surface area contributed by atoms with E-state index in [4.69, 9.17) is 0 Å². The Hall–Kier alpha value is -2.88. The molecule has 0 radical (unpaired) electrons. The fourth-order valence-electron chi connectivity index (χ4n) is 2.25. The molecule has 2 heterocycles. The highest BCUT2D eigenvalue weighted by molar-refractivity contribution is 6.21. The van der Waals surface area contributed by atoms with E-state index in [9.17, 15) is 9.90 Å². The lowest BCUT2D eigenvalue weighted by Gasteiger charge is -2.03. The van der Waals surface area contributed by atoms with Gasteiger partial charge in [0.2, 0.25) is 0 Å². The number of benzene rings is 1. The van der Waals surface area contributed by atoms with E-state index in [1.165, 1.54) is 0 Å². The average Bonchev–Trinajstić information content (AvgIpc) is 2.89. The smallest absolute Gasteiger partial charge is 0.336 e. The molecule has 1 aromatic carbocycles. The fourth-order valence-corrected chi connectivity index (χ4v) is 2.25. The van der Waals surface area contributed by atoms with E-state index in [-0.39, 0.29) is 5.57 Å². The van der Waals surface area contributed by atoms with Crippen LogP contribution in [0.2, 0.25) is 0 Å². The summed E-state index contributed by atoms with van der Waals surface area (Å²) in [7, 11) is 0. The Kier molecular flexibility index (Phi) is 3.28. The number of H-pyrrole nitrogens is 1. The van der Waals surface area contributed by atoms with Crippen LogP contribution < -0.4 is 0 Å². The van der Waals surface area contributed by atoms with E-state index in [1.807, 2.05) is 43.3 Å². The number of fused-ring (bicyclic) bond motifs is 1. The van der Waals surface area contributed by atoms with Gasteiger partial charge in [0.05, 0.1) is 5.57 Å². The molecular formula is C17H14N2O2. The molecule has 0 fully saturated rings. The molecular weight excluding hydrogens is 264 g/mol. The second kappa shape index (κ2) is 5.25. The van der Waals surface area contributed by atoms with Gasteiger partial charge < -0.3 is 10.1 Å². The largest absolute Gasteiger partial charge is 0.478 e. The van der Waals surface area contributed by atoms with Crippen LogP contribution in [0.4, 0.5) is 0 Å².